The summed E-state index contributed by atoms with van der Waals surface area (Å²) < 4.78 is 7.36. The van der Waals surface area contributed by atoms with Crippen molar-refractivity contribution in [2.75, 3.05) is 12.4 Å². The van der Waals surface area contributed by atoms with E-state index >= 15 is 0 Å². The lowest BCUT2D eigenvalue weighted by molar-refractivity contribution is -0.118. The molecule has 2 N–H and O–H groups in total. The number of benzene rings is 1. The van der Waals surface area contributed by atoms with Gasteiger partial charge in [-0.05, 0) is 56.0 Å². The van der Waals surface area contributed by atoms with Gasteiger partial charge >= 0.3 is 0 Å². The van der Waals surface area contributed by atoms with Crippen LogP contribution in [0.3, 0.4) is 0 Å². The predicted molar refractivity (Wildman–Crippen MR) is 139 cm³/mol. The number of anilines is 1. The molecule has 3 heterocycles. The minimum absolute atomic E-state index is 0.151. The second-order valence-electron chi connectivity index (χ2n) is 8.99. The van der Waals surface area contributed by atoms with Crippen LogP contribution in [0.1, 0.15) is 31.0 Å². The molecule has 0 radical (unpaired) electrons. The van der Waals surface area contributed by atoms with E-state index in [0.717, 1.165) is 41.9 Å². The Labute approximate surface area is 210 Å². The molecule has 1 aliphatic rings. The number of hydrogen-bond acceptors (Lipinski definition) is 6. The molecule has 0 saturated heterocycles. The summed E-state index contributed by atoms with van der Waals surface area (Å²) in [5.41, 5.74) is 4.04. The Morgan fingerprint density at radius 2 is 1.89 bits per heavy atom. The zero-order chi connectivity index (χ0) is 25.0. The molecule has 3 aromatic heterocycles. The molecule has 184 valence electrons. The highest BCUT2D eigenvalue weighted by Crippen LogP contribution is 2.45. The Morgan fingerprint density at radius 3 is 2.58 bits per heavy atom. The van der Waals surface area contributed by atoms with Crippen molar-refractivity contribution in [2.45, 2.75) is 44.3 Å². The first-order valence-electron chi connectivity index (χ1n) is 12.2. The van der Waals surface area contributed by atoms with Gasteiger partial charge in [0, 0.05) is 30.7 Å². The first-order chi connectivity index (χ1) is 17.6. The summed E-state index contributed by atoms with van der Waals surface area (Å²) in [6, 6.07) is 19.3. The summed E-state index contributed by atoms with van der Waals surface area (Å²) in [5.74, 6) is 0.210. The molecule has 0 aliphatic heterocycles. The van der Waals surface area contributed by atoms with Crippen LogP contribution in [0.5, 0.6) is 5.88 Å². The summed E-state index contributed by atoms with van der Waals surface area (Å²) in [6.45, 7) is 2.76. The van der Waals surface area contributed by atoms with Gasteiger partial charge in [0.2, 0.25) is 11.8 Å². The maximum atomic E-state index is 13.7. The number of aromatic nitrogens is 4. The molecule has 1 amide bonds. The molecular formula is C28H30N6O2. The number of aryl methyl sites for hydroxylation is 1. The monoisotopic (exact) mass is 482 g/mol. The normalized spacial score (nSPS) is 14.7. The maximum absolute atomic E-state index is 13.7. The Balaban J connectivity index is 1.43. The Kier molecular flexibility index (Phi) is 6.77. The van der Waals surface area contributed by atoms with E-state index in [-0.39, 0.29) is 11.4 Å². The van der Waals surface area contributed by atoms with E-state index < -0.39 is 6.04 Å². The molecule has 1 atom stereocenters. The molecule has 5 rings (SSSR count). The van der Waals surface area contributed by atoms with Crippen LogP contribution in [0, 0.1) is 0 Å². The first-order valence-corrected chi connectivity index (χ1v) is 12.2. The highest BCUT2D eigenvalue weighted by molar-refractivity contribution is 5.96. The lowest BCUT2D eigenvalue weighted by atomic mass is 10.0. The molecule has 8 heteroatoms. The van der Waals surface area contributed by atoms with Gasteiger partial charge in [-0.2, -0.15) is 5.10 Å². The summed E-state index contributed by atoms with van der Waals surface area (Å²) in [5, 5.41) is 11.1. The topological polar surface area (TPSA) is 94.0 Å². The third-order valence-electron chi connectivity index (χ3n) is 6.57. The standard InChI is InChI=1S/C28H30N6O2/c1-3-34-24(12-16-31-34)21-18-23(27(36-2)30-19-21)32-26(35)22(17-20-9-5-4-6-10-20)33-28(13-14-28)25-11-7-8-15-29-25/h4-12,15-16,18-19,22,33H,3,13-14,17H2,1-2H3,(H,32,35). The van der Waals surface area contributed by atoms with Gasteiger partial charge in [-0.15, -0.1) is 0 Å². The van der Waals surface area contributed by atoms with Gasteiger partial charge in [0.15, 0.2) is 0 Å². The van der Waals surface area contributed by atoms with Crippen LogP contribution in [0.15, 0.2) is 79.3 Å². The van der Waals surface area contributed by atoms with E-state index in [2.05, 4.69) is 25.7 Å². The van der Waals surface area contributed by atoms with Gasteiger partial charge in [0.25, 0.3) is 0 Å². The Bertz CT molecular complexity index is 1320. The average molecular weight is 483 g/mol. The third kappa shape index (κ3) is 4.99. The number of nitrogens with zero attached hydrogens (tertiary/aromatic N) is 4. The van der Waals surface area contributed by atoms with Crippen molar-refractivity contribution in [2.24, 2.45) is 0 Å². The fourth-order valence-electron chi connectivity index (χ4n) is 4.53. The fourth-order valence-corrected chi connectivity index (χ4v) is 4.53. The molecule has 1 unspecified atom stereocenters. The Hall–Kier alpha value is -4.04. The number of carbonyl (C=O) groups is 1. The van der Waals surface area contributed by atoms with Gasteiger partial charge in [0.05, 0.1) is 30.1 Å². The molecule has 36 heavy (non-hydrogen) atoms. The summed E-state index contributed by atoms with van der Waals surface area (Å²) >= 11 is 0. The average Bonchev–Trinajstić information content (AvgIpc) is 3.55. The van der Waals surface area contributed by atoms with E-state index in [0.29, 0.717) is 18.0 Å². The van der Waals surface area contributed by atoms with Crippen LogP contribution < -0.4 is 15.4 Å². The highest BCUT2D eigenvalue weighted by Gasteiger charge is 2.47. The largest absolute Gasteiger partial charge is 0.480 e. The van der Waals surface area contributed by atoms with Gasteiger partial charge in [-0.3, -0.25) is 19.8 Å². The van der Waals surface area contributed by atoms with Gasteiger partial charge in [0.1, 0.15) is 5.69 Å². The van der Waals surface area contributed by atoms with E-state index in [1.54, 1.807) is 25.7 Å². The quantitative estimate of drug-likeness (QED) is 0.352. The second kappa shape index (κ2) is 10.3. The summed E-state index contributed by atoms with van der Waals surface area (Å²) in [4.78, 5) is 22.8. The number of hydrogen-bond donors (Lipinski definition) is 2. The zero-order valence-electron chi connectivity index (χ0n) is 20.5. The van der Waals surface area contributed by atoms with Crippen molar-refractivity contribution in [3.63, 3.8) is 0 Å². The van der Waals surface area contributed by atoms with Crippen LogP contribution in [-0.4, -0.2) is 38.8 Å². The molecule has 1 aromatic carbocycles. The molecule has 0 bridgehead atoms. The first kappa shape index (κ1) is 23.7. The zero-order valence-corrected chi connectivity index (χ0v) is 20.5. The number of methoxy groups -OCH3 is 1. The van der Waals surface area contributed by atoms with E-state index in [4.69, 9.17) is 4.74 Å². The van der Waals surface area contributed by atoms with Crippen LogP contribution >= 0.6 is 0 Å². The third-order valence-corrected chi connectivity index (χ3v) is 6.57. The van der Waals surface area contributed by atoms with Crippen molar-refractivity contribution >= 4 is 11.6 Å². The van der Waals surface area contributed by atoms with Crippen LogP contribution in [-0.2, 0) is 23.3 Å². The van der Waals surface area contributed by atoms with Crippen molar-refractivity contribution in [1.82, 2.24) is 25.1 Å². The van der Waals surface area contributed by atoms with Crippen molar-refractivity contribution < 1.29 is 9.53 Å². The number of carbonyl (C=O) groups excluding carboxylic acids is 1. The van der Waals surface area contributed by atoms with Gasteiger partial charge in [-0.25, -0.2) is 4.98 Å². The predicted octanol–water partition coefficient (Wildman–Crippen LogP) is 4.20. The van der Waals surface area contributed by atoms with Crippen molar-refractivity contribution in [1.29, 1.82) is 0 Å². The lowest BCUT2D eigenvalue weighted by Gasteiger charge is -2.25. The SMILES string of the molecule is CCn1nccc1-c1cnc(OC)c(NC(=O)C(Cc2ccccc2)NC2(c3ccccn3)CC2)c1. The number of ether oxygens (including phenoxy) is 1. The van der Waals surface area contributed by atoms with Crippen LogP contribution in [0.4, 0.5) is 5.69 Å². The molecule has 1 saturated carbocycles. The van der Waals surface area contributed by atoms with Gasteiger partial charge < -0.3 is 10.1 Å². The lowest BCUT2D eigenvalue weighted by Crippen LogP contribution is -2.47. The molecule has 1 aliphatic carbocycles. The number of pyridine rings is 2. The molecular weight excluding hydrogens is 452 g/mol. The minimum atomic E-state index is -0.480. The molecule has 8 nitrogen and oxygen atoms in total. The van der Waals surface area contributed by atoms with E-state index in [1.807, 2.05) is 72.3 Å². The van der Waals surface area contributed by atoms with Crippen molar-refractivity contribution in [3.8, 4) is 17.1 Å². The number of amides is 1. The second-order valence-corrected chi connectivity index (χ2v) is 8.99. The molecule has 0 spiro atoms. The minimum Gasteiger partial charge on any atom is -0.480 e. The van der Waals surface area contributed by atoms with Gasteiger partial charge in [-0.1, -0.05) is 36.4 Å². The van der Waals surface area contributed by atoms with Crippen LogP contribution in [0.25, 0.3) is 11.3 Å². The highest BCUT2D eigenvalue weighted by atomic mass is 16.5. The summed E-state index contributed by atoms with van der Waals surface area (Å²) in [7, 11) is 1.55. The number of nitrogens with one attached hydrogen (secondary N) is 2. The smallest absolute Gasteiger partial charge is 0.242 e. The van der Waals surface area contributed by atoms with E-state index in [1.165, 1.54) is 0 Å². The Morgan fingerprint density at radius 1 is 1.08 bits per heavy atom. The van der Waals surface area contributed by atoms with Crippen LogP contribution in [0.2, 0.25) is 0 Å². The summed E-state index contributed by atoms with van der Waals surface area (Å²) in [6.07, 6.45) is 7.70. The maximum Gasteiger partial charge on any atom is 0.242 e. The van der Waals surface area contributed by atoms with E-state index in [9.17, 15) is 4.79 Å². The van der Waals surface area contributed by atoms with Crippen molar-refractivity contribution in [3.05, 3.63) is 90.5 Å². The fraction of sp³-hybridized carbons (Fsp3) is 0.286. The number of rotatable bonds is 10. The molecule has 1 fully saturated rings. The molecule has 4 aromatic rings.